The van der Waals surface area contributed by atoms with Gasteiger partial charge in [-0.05, 0) is 30.7 Å². The number of hydrogen-bond acceptors (Lipinski definition) is 3. The Labute approximate surface area is 160 Å². The predicted octanol–water partition coefficient (Wildman–Crippen LogP) is 3.63. The molecule has 3 rings (SSSR count). The second kappa shape index (κ2) is 9.06. The molecule has 0 spiro atoms. The van der Waals surface area contributed by atoms with Gasteiger partial charge in [-0.3, -0.25) is 9.69 Å². The van der Waals surface area contributed by atoms with Crippen molar-refractivity contribution in [1.29, 1.82) is 0 Å². The molecule has 2 aromatic carbocycles. The molecule has 1 aliphatic heterocycles. The monoisotopic (exact) mass is 372 g/mol. The Hall–Kier alpha value is -2.04. The minimum absolute atomic E-state index is 0.182. The van der Waals surface area contributed by atoms with Gasteiger partial charge in [-0.15, -0.1) is 0 Å². The van der Waals surface area contributed by atoms with Gasteiger partial charge in [-0.2, -0.15) is 0 Å². The minimum atomic E-state index is 0.182. The topological polar surface area (TPSA) is 32.8 Å². The molecule has 1 saturated heterocycles. The van der Waals surface area contributed by atoms with Crippen molar-refractivity contribution in [3.8, 4) is 5.75 Å². The summed E-state index contributed by atoms with van der Waals surface area (Å²) in [4.78, 5) is 16.8. The normalized spacial score (nSPS) is 15.1. The van der Waals surface area contributed by atoms with E-state index in [0.29, 0.717) is 18.1 Å². The number of hydrogen-bond donors (Lipinski definition) is 0. The summed E-state index contributed by atoms with van der Waals surface area (Å²) in [6.07, 6.45) is 0.435. The van der Waals surface area contributed by atoms with Crippen molar-refractivity contribution < 1.29 is 9.53 Å². The van der Waals surface area contributed by atoms with E-state index in [1.54, 1.807) is 0 Å². The van der Waals surface area contributed by atoms with Crippen LogP contribution in [-0.2, 0) is 17.8 Å². The fraction of sp³-hybridized carbons (Fsp3) is 0.381. The molecule has 0 aliphatic carbocycles. The van der Waals surface area contributed by atoms with Crippen LogP contribution < -0.4 is 4.74 Å². The first-order valence-electron chi connectivity index (χ1n) is 9.11. The average Bonchev–Trinajstić information content (AvgIpc) is 2.66. The highest BCUT2D eigenvalue weighted by molar-refractivity contribution is 6.30. The maximum Gasteiger partial charge on any atom is 0.227 e. The van der Waals surface area contributed by atoms with Gasteiger partial charge < -0.3 is 9.64 Å². The van der Waals surface area contributed by atoms with E-state index in [4.69, 9.17) is 16.3 Å². The van der Waals surface area contributed by atoms with Gasteiger partial charge in [0.2, 0.25) is 5.91 Å². The fourth-order valence-corrected chi connectivity index (χ4v) is 3.34. The van der Waals surface area contributed by atoms with Gasteiger partial charge in [-0.1, -0.05) is 41.9 Å². The summed E-state index contributed by atoms with van der Waals surface area (Å²) in [5.41, 5.74) is 2.21. The summed E-state index contributed by atoms with van der Waals surface area (Å²) < 4.78 is 5.71. The Kier molecular flexibility index (Phi) is 6.53. The van der Waals surface area contributed by atoms with E-state index in [0.717, 1.165) is 44.0 Å². The van der Waals surface area contributed by atoms with Crippen LogP contribution in [0.15, 0.2) is 48.5 Å². The summed E-state index contributed by atoms with van der Waals surface area (Å²) in [6, 6.07) is 15.7. The number of rotatable bonds is 6. The van der Waals surface area contributed by atoms with Crippen LogP contribution in [0.25, 0.3) is 0 Å². The fourth-order valence-electron chi connectivity index (χ4n) is 3.22. The van der Waals surface area contributed by atoms with Gasteiger partial charge in [0.1, 0.15) is 5.75 Å². The number of para-hydroxylation sites is 1. The van der Waals surface area contributed by atoms with Crippen LogP contribution in [0.4, 0.5) is 0 Å². The van der Waals surface area contributed by atoms with Crippen molar-refractivity contribution >= 4 is 17.5 Å². The molecule has 1 heterocycles. The van der Waals surface area contributed by atoms with Crippen LogP contribution in [0.3, 0.4) is 0 Å². The Bertz CT molecular complexity index is 725. The lowest BCUT2D eigenvalue weighted by Crippen LogP contribution is -2.48. The second-order valence-corrected chi connectivity index (χ2v) is 6.94. The molecule has 0 radical (unpaired) electrons. The molecule has 0 atom stereocenters. The quantitative estimate of drug-likeness (QED) is 0.776. The Morgan fingerprint density at radius 1 is 1.04 bits per heavy atom. The summed E-state index contributed by atoms with van der Waals surface area (Å²) in [7, 11) is 0. The van der Waals surface area contributed by atoms with Crippen molar-refractivity contribution in [3.05, 3.63) is 64.7 Å². The first kappa shape index (κ1) is 18.7. The molecule has 0 N–H and O–H groups in total. The zero-order valence-corrected chi connectivity index (χ0v) is 15.9. The Morgan fingerprint density at radius 2 is 1.73 bits per heavy atom. The number of halogens is 1. The van der Waals surface area contributed by atoms with E-state index in [2.05, 4.69) is 11.0 Å². The first-order valence-corrected chi connectivity index (χ1v) is 9.49. The third kappa shape index (κ3) is 4.99. The Morgan fingerprint density at radius 3 is 2.42 bits per heavy atom. The second-order valence-electron chi connectivity index (χ2n) is 6.50. The third-order valence-corrected chi connectivity index (χ3v) is 4.91. The minimum Gasteiger partial charge on any atom is -0.494 e. The van der Waals surface area contributed by atoms with E-state index in [1.807, 2.05) is 54.3 Å². The molecule has 4 nitrogen and oxygen atoms in total. The summed E-state index contributed by atoms with van der Waals surface area (Å²) in [6.45, 7) is 6.83. The molecular formula is C21H25ClN2O2. The number of carbonyl (C=O) groups is 1. The van der Waals surface area contributed by atoms with E-state index in [-0.39, 0.29) is 5.91 Å². The molecule has 1 fully saturated rings. The van der Waals surface area contributed by atoms with E-state index in [1.165, 1.54) is 5.56 Å². The zero-order chi connectivity index (χ0) is 18.4. The van der Waals surface area contributed by atoms with Gasteiger partial charge >= 0.3 is 0 Å². The van der Waals surface area contributed by atoms with Crippen LogP contribution in [0.1, 0.15) is 18.1 Å². The molecule has 138 valence electrons. The molecular weight excluding hydrogens is 348 g/mol. The molecule has 1 aliphatic rings. The van der Waals surface area contributed by atoms with Crippen molar-refractivity contribution in [2.75, 3.05) is 32.8 Å². The molecule has 2 aromatic rings. The number of carbonyl (C=O) groups excluding carboxylic acids is 1. The predicted molar refractivity (Wildman–Crippen MR) is 105 cm³/mol. The SMILES string of the molecule is CCOc1ccccc1CN1CCN(C(=O)Cc2ccc(Cl)cc2)CC1. The lowest BCUT2D eigenvalue weighted by Gasteiger charge is -2.35. The van der Waals surface area contributed by atoms with Crippen molar-refractivity contribution in [2.24, 2.45) is 0 Å². The lowest BCUT2D eigenvalue weighted by atomic mass is 10.1. The molecule has 0 saturated carbocycles. The van der Waals surface area contributed by atoms with Crippen LogP contribution >= 0.6 is 11.6 Å². The van der Waals surface area contributed by atoms with Crippen LogP contribution in [0, 0.1) is 0 Å². The summed E-state index contributed by atoms with van der Waals surface area (Å²) >= 11 is 5.90. The van der Waals surface area contributed by atoms with Gasteiger partial charge in [0.05, 0.1) is 13.0 Å². The maximum absolute atomic E-state index is 12.5. The number of piperazine rings is 1. The number of ether oxygens (including phenoxy) is 1. The smallest absolute Gasteiger partial charge is 0.227 e. The van der Waals surface area contributed by atoms with Crippen LogP contribution in [-0.4, -0.2) is 48.5 Å². The average molecular weight is 373 g/mol. The van der Waals surface area contributed by atoms with Crippen molar-refractivity contribution in [2.45, 2.75) is 19.9 Å². The Balaban J connectivity index is 1.51. The molecule has 1 amide bonds. The van der Waals surface area contributed by atoms with E-state index >= 15 is 0 Å². The van der Waals surface area contributed by atoms with Gasteiger partial charge in [0, 0.05) is 43.3 Å². The zero-order valence-electron chi connectivity index (χ0n) is 15.2. The van der Waals surface area contributed by atoms with Gasteiger partial charge in [-0.25, -0.2) is 0 Å². The molecule has 0 unspecified atom stereocenters. The number of amides is 1. The summed E-state index contributed by atoms with van der Waals surface area (Å²) in [5, 5.41) is 0.696. The van der Waals surface area contributed by atoms with Crippen molar-refractivity contribution in [1.82, 2.24) is 9.80 Å². The highest BCUT2D eigenvalue weighted by Gasteiger charge is 2.21. The third-order valence-electron chi connectivity index (χ3n) is 4.66. The molecule has 0 aromatic heterocycles. The van der Waals surface area contributed by atoms with Gasteiger partial charge in [0.25, 0.3) is 0 Å². The summed E-state index contributed by atoms with van der Waals surface area (Å²) in [5.74, 6) is 1.14. The number of nitrogens with zero attached hydrogens (tertiary/aromatic N) is 2. The van der Waals surface area contributed by atoms with E-state index < -0.39 is 0 Å². The van der Waals surface area contributed by atoms with E-state index in [9.17, 15) is 4.79 Å². The number of benzene rings is 2. The molecule has 26 heavy (non-hydrogen) atoms. The van der Waals surface area contributed by atoms with Gasteiger partial charge in [0.15, 0.2) is 0 Å². The lowest BCUT2D eigenvalue weighted by molar-refractivity contribution is -0.132. The molecule has 0 bridgehead atoms. The van der Waals surface area contributed by atoms with Crippen LogP contribution in [0.5, 0.6) is 5.75 Å². The largest absolute Gasteiger partial charge is 0.494 e. The highest BCUT2D eigenvalue weighted by Crippen LogP contribution is 2.20. The maximum atomic E-state index is 12.5. The first-order chi connectivity index (χ1) is 12.7. The highest BCUT2D eigenvalue weighted by atomic mass is 35.5. The molecule has 5 heteroatoms. The van der Waals surface area contributed by atoms with Crippen molar-refractivity contribution in [3.63, 3.8) is 0 Å². The van der Waals surface area contributed by atoms with Crippen LogP contribution in [0.2, 0.25) is 5.02 Å². The standard InChI is InChI=1S/C21H25ClN2O2/c1-2-26-20-6-4-3-5-18(20)16-23-11-13-24(14-12-23)21(25)15-17-7-9-19(22)10-8-17/h3-10H,2,11-16H2,1H3.